The second-order valence-corrected chi connectivity index (χ2v) is 33.1. The van der Waals surface area contributed by atoms with Crippen LogP contribution in [-0.2, 0) is 33.2 Å². The van der Waals surface area contributed by atoms with Gasteiger partial charge in [-0.15, -0.1) is 0 Å². The number of aliphatic hydroxyl groups is 11. The maximum absolute atomic E-state index is 13.5. The Kier molecular flexibility index (Phi) is 65.6. The van der Waals surface area contributed by atoms with Gasteiger partial charge in [0.15, 0.2) is 18.9 Å². The van der Waals surface area contributed by atoms with E-state index in [-0.39, 0.29) is 18.9 Å². The minimum atomic E-state index is -1.98. The van der Waals surface area contributed by atoms with E-state index in [1.165, 1.54) is 340 Å². The minimum absolute atomic E-state index is 0.241. The predicted molar refractivity (Wildman–Crippen MR) is 439 cm³/mol. The Bertz CT molecular complexity index is 2060. The molecule has 1 amide bonds. The standard InChI is InChI=1S/C90H171NO18/c1-3-5-7-9-11-13-15-17-19-21-23-25-27-29-31-33-34-35-36-37-38-40-42-44-46-48-50-52-54-56-58-60-62-64-66-68-78(96)91-73(74(95)67-65-63-61-59-57-55-53-51-49-47-45-43-41-39-32-30-28-26-24-22-20-18-16-14-12-10-8-6-4-2)72-104-88-84(102)81(99)86(76(70-93)106-88)109-90-85(103)82(100)87(77(71-94)107-90)108-89-83(101)80(98)79(97)75(69-92)105-89/h57,59,65,67,73-77,79-90,92-95,97-103H,3-56,58,60-64,66,68-72H2,1-2H3,(H,91,96)/b59-57+,67-65+. The summed E-state index contributed by atoms with van der Waals surface area (Å²) in [4.78, 5) is 13.5. The Morgan fingerprint density at radius 1 is 0.321 bits per heavy atom. The fourth-order valence-corrected chi connectivity index (χ4v) is 15.9. The Labute approximate surface area is 664 Å². The Hall–Kier alpha value is -1.73. The van der Waals surface area contributed by atoms with Gasteiger partial charge in [0.1, 0.15) is 73.2 Å². The van der Waals surface area contributed by atoms with Gasteiger partial charge in [0.25, 0.3) is 0 Å². The average Bonchev–Trinajstić information content (AvgIpc) is 0.771. The van der Waals surface area contributed by atoms with Crippen LogP contribution in [0.25, 0.3) is 0 Å². The monoisotopic (exact) mass is 1550 g/mol. The van der Waals surface area contributed by atoms with E-state index >= 15 is 0 Å². The molecule has 644 valence electrons. The van der Waals surface area contributed by atoms with Gasteiger partial charge in [0, 0.05) is 6.42 Å². The van der Waals surface area contributed by atoms with Crippen LogP contribution < -0.4 is 5.32 Å². The Balaban J connectivity index is 1.32. The highest BCUT2D eigenvalue weighted by molar-refractivity contribution is 5.76. The molecule has 17 atom stereocenters. The zero-order chi connectivity index (χ0) is 78.8. The molecular weight excluding hydrogens is 1380 g/mol. The second kappa shape index (κ2) is 70.5. The van der Waals surface area contributed by atoms with Crippen LogP contribution in [0.1, 0.15) is 412 Å². The summed E-state index contributed by atoms with van der Waals surface area (Å²) >= 11 is 0. The van der Waals surface area contributed by atoms with Crippen molar-refractivity contribution in [2.24, 2.45) is 0 Å². The van der Waals surface area contributed by atoms with E-state index in [1.54, 1.807) is 6.08 Å². The predicted octanol–water partition coefficient (Wildman–Crippen LogP) is 17.6. The summed E-state index contributed by atoms with van der Waals surface area (Å²) in [6.45, 7) is 1.80. The summed E-state index contributed by atoms with van der Waals surface area (Å²) in [6, 6.07) is -0.989. The highest BCUT2D eigenvalue weighted by atomic mass is 16.8. The number of aliphatic hydroxyl groups excluding tert-OH is 11. The highest BCUT2D eigenvalue weighted by Gasteiger charge is 2.54. The Morgan fingerprint density at radius 2 is 0.587 bits per heavy atom. The van der Waals surface area contributed by atoms with Gasteiger partial charge in [-0.3, -0.25) is 4.79 Å². The molecular formula is C90H171NO18. The normalized spacial score (nSPS) is 25.3. The lowest BCUT2D eigenvalue weighted by atomic mass is 9.96. The van der Waals surface area contributed by atoms with Gasteiger partial charge in [-0.25, -0.2) is 0 Å². The number of ether oxygens (including phenoxy) is 6. The van der Waals surface area contributed by atoms with Gasteiger partial charge in [-0.1, -0.05) is 398 Å². The van der Waals surface area contributed by atoms with Gasteiger partial charge >= 0.3 is 0 Å². The van der Waals surface area contributed by atoms with Crippen molar-refractivity contribution in [2.75, 3.05) is 26.4 Å². The van der Waals surface area contributed by atoms with E-state index in [1.807, 2.05) is 6.08 Å². The van der Waals surface area contributed by atoms with Crippen molar-refractivity contribution in [3.05, 3.63) is 24.3 Å². The first-order chi connectivity index (χ1) is 53.3. The minimum Gasteiger partial charge on any atom is -0.394 e. The highest BCUT2D eigenvalue weighted by Crippen LogP contribution is 2.34. The molecule has 0 aromatic heterocycles. The molecule has 109 heavy (non-hydrogen) atoms. The molecule has 3 aliphatic heterocycles. The molecule has 0 radical (unpaired) electrons. The lowest BCUT2D eigenvalue weighted by Crippen LogP contribution is -2.66. The summed E-state index contributed by atoms with van der Waals surface area (Å²) in [5, 5.41) is 121. The zero-order valence-corrected chi connectivity index (χ0v) is 69.6. The fourth-order valence-electron chi connectivity index (χ4n) is 15.9. The molecule has 0 spiro atoms. The first kappa shape index (κ1) is 101. The van der Waals surface area contributed by atoms with E-state index in [2.05, 4.69) is 31.3 Å². The first-order valence-electron chi connectivity index (χ1n) is 46.1. The van der Waals surface area contributed by atoms with E-state index in [0.717, 1.165) is 38.5 Å². The third kappa shape index (κ3) is 49.2. The number of carbonyl (C=O) groups is 1. The van der Waals surface area contributed by atoms with Crippen LogP contribution in [0.2, 0.25) is 0 Å². The van der Waals surface area contributed by atoms with E-state index < -0.39 is 124 Å². The molecule has 3 rings (SSSR count). The molecule has 12 N–H and O–H groups in total. The lowest BCUT2D eigenvalue weighted by Gasteiger charge is -2.48. The topological polar surface area (TPSA) is 307 Å². The molecule has 19 heteroatoms. The van der Waals surface area contributed by atoms with Gasteiger partial charge in [0.2, 0.25) is 5.91 Å². The van der Waals surface area contributed by atoms with Crippen LogP contribution in [0.3, 0.4) is 0 Å². The maximum atomic E-state index is 13.5. The fraction of sp³-hybridized carbons (Fsp3) is 0.944. The SMILES string of the molecule is CCCCCCCCCCCCCCCCCCCCCCCCC/C=C/CC/C=C/C(O)C(COC1OC(CO)C(OC2OC(CO)C(OC3OC(CO)C(O)C(O)C3O)C(O)C2O)C(O)C1O)NC(=O)CCCCCCCCCCCCCCCCCCCCCCCCCCCCCCCCCCCCC. The third-order valence-electron chi connectivity index (χ3n) is 23.3. The number of amides is 1. The van der Waals surface area contributed by atoms with Crippen LogP contribution >= 0.6 is 0 Å². The number of unbranched alkanes of at least 4 members (excludes halogenated alkanes) is 58. The molecule has 0 aromatic carbocycles. The van der Waals surface area contributed by atoms with E-state index in [4.69, 9.17) is 28.4 Å². The van der Waals surface area contributed by atoms with Gasteiger partial charge < -0.3 is 89.9 Å². The van der Waals surface area contributed by atoms with Gasteiger partial charge in [-0.05, 0) is 32.1 Å². The molecule has 0 aromatic rings. The number of carbonyl (C=O) groups excluding carboxylic acids is 1. The molecule has 0 aliphatic carbocycles. The molecule has 3 aliphatic rings. The summed E-state index contributed by atoms with van der Waals surface area (Å²) in [5.41, 5.74) is 0. The van der Waals surface area contributed by atoms with E-state index in [9.17, 15) is 61.0 Å². The van der Waals surface area contributed by atoms with Crippen LogP contribution in [0, 0.1) is 0 Å². The molecule has 0 saturated carbocycles. The number of allylic oxidation sites excluding steroid dienone is 3. The van der Waals surface area contributed by atoms with Gasteiger partial charge in [0.05, 0.1) is 38.6 Å². The maximum Gasteiger partial charge on any atom is 0.220 e. The van der Waals surface area contributed by atoms with Crippen LogP contribution in [0.15, 0.2) is 24.3 Å². The van der Waals surface area contributed by atoms with Crippen LogP contribution in [-0.4, -0.2) is 193 Å². The lowest BCUT2D eigenvalue weighted by molar-refractivity contribution is -0.379. The first-order valence-corrected chi connectivity index (χ1v) is 46.1. The molecule has 0 bridgehead atoms. The van der Waals surface area contributed by atoms with Crippen molar-refractivity contribution >= 4 is 5.91 Å². The van der Waals surface area contributed by atoms with Crippen molar-refractivity contribution in [3.63, 3.8) is 0 Å². The summed E-state index contributed by atoms with van der Waals surface area (Å²) in [5.74, 6) is -0.275. The number of hydrogen-bond acceptors (Lipinski definition) is 18. The Morgan fingerprint density at radius 3 is 0.917 bits per heavy atom. The molecule has 19 nitrogen and oxygen atoms in total. The molecule has 3 heterocycles. The quantitative estimate of drug-likeness (QED) is 0.0199. The molecule has 3 saturated heterocycles. The number of rotatable bonds is 76. The zero-order valence-electron chi connectivity index (χ0n) is 69.6. The van der Waals surface area contributed by atoms with Gasteiger partial charge in [-0.2, -0.15) is 0 Å². The van der Waals surface area contributed by atoms with Crippen molar-refractivity contribution in [1.29, 1.82) is 0 Å². The van der Waals surface area contributed by atoms with E-state index in [0.29, 0.717) is 12.8 Å². The number of hydrogen-bond donors (Lipinski definition) is 12. The summed E-state index contributed by atoms with van der Waals surface area (Å²) in [7, 11) is 0. The summed E-state index contributed by atoms with van der Waals surface area (Å²) < 4.78 is 34.5. The number of nitrogens with one attached hydrogen (secondary N) is 1. The van der Waals surface area contributed by atoms with Crippen LogP contribution in [0.5, 0.6) is 0 Å². The van der Waals surface area contributed by atoms with Crippen molar-refractivity contribution in [2.45, 2.75) is 516 Å². The second-order valence-electron chi connectivity index (χ2n) is 33.1. The van der Waals surface area contributed by atoms with Crippen molar-refractivity contribution in [1.82, 2.24) is 5.32 Å². The van der Waals surface area contributed by atoms with Crippen molar-refractivity contribution < 1.29 is 89.4 Å². The largest absolute Gasteiger partial charge is 0.394 e. The molecule has 3 fully saturated rings. The molecule has 17 unspecified atom stereocenters. The average molecular weight is 1560 g/mol. The third-order valence-corrected chi connectivity index (χ3v) is 23.3. The van der Waals surface area contributed by atoms with Crippen LogP contribution in [0.4, 0.5) is 0 Å². The van der Waals surface area contributed by atoms with Crippen molar-refractivity contribution in [3.8, 4) is 0 Å². The smallest absolute Gasteiger partial charge is 0.220 e. The summed E-state index contributed by atoms with van der Waals surface area (Å²) in [6.07, 6.45) is 62.1.